The number of anilines is 1. The molecule has 4 rings (SSSR count). The Labute approximate surface area is 211 Å². The smallest absolute Gasteiger partial charge is 0.457 e. The Morgan fingerprint density at radius 3 is 2.17 bits per heavy atom. The molecule has 1 aliphatic carbocycles. The monoisotopic (exact) mass is 516 g/mol. The van der Waals surface area contributed by atoms with Gasteiger partial charge in [0.1, 0.15) is 11.5 Å². The van der Waals surface area contributed by atoms with Crippen molar-refractivity contribution in [1.29, 1.82) is 0 Å². The highest BCUT2D eigenvalue weighted by Crippen LogP contribution is 2.37. The standard InChI is InChI=1S/C27H27F3N2O3S/c1-18-12-17-23(36-18)24(25(33)31-19-8-4-2-5-9-19)32(26(34)27(28,29)30)20-13-15-22(16-14-20)35-21-10-6-3-7-11-21/h3,6-7,10-17,19,24H,2,4-5,8-9H2,1H3,(H,31,33). The molecule has 1 aliphatic rings. The van der Waals surface area contributed by atoms with Gasteiger partial charge in [0.2, 0.25) is 5.91 Å². The molecule has 190 valence electrons. The first-order chi connectivity index (χ1) is 17.2. The molecule has 2 amide bonds. The van der Waals surface area contributed by atoms with Crippen LogP contribution in [-0.2, 0) is 9.59 Å². The molecule has 9 heteroatoms. The average Bonchev–Trinajstić information content (AvgIpc) is 3.29. The van der Waals surface area contributed by atoms with Gasteiger partial charge >= 0.3 is 12.1 Å². The molecule has 0 bridgehead atoms. The highest BCUT2D eigenvalue weighted by molar-refractivity contribution is 7.12. The molecule has 36 heavy (non-hydrogen) atoms. The van der Waals surface area contributed by atoms with E-state index >= 15 is 0 Å². The van der Waals surface area contributed by atoms with Crippen molar-refractivity contribution in [2.45, 2.75) is 57.3 Å². The van der Waals surface area contributed by atoms with Gasteiger partial charge in [-0.2, -0.15) is 13.2 Å². The zero-order valence-electron chi connectivity index (χ0n) is 19.8. The number of halogens is 3. The summed E-state index contributed by atoms with van der Waals surface area (Å²) in [6.45, 7) is 1.80. The molecule has 1 atom stereocenters. The van der Waals surface area contributed by atoms with Crippen LogP contribution < -0.4 is 15.0 Å². The van der Waals surface area contributed by atoms with Gasteiger partial charge in [-0.15, -0.1) is 11.3 Å². The lowest BCUT2D eigenvalue weighted by Crippen LogP contribution is -2.50. The number of nitrogens with one attached hydrogen (secondary N) is 1. The second-order valence-corrected chi connectivity index (χ2v) is 10.1. The van der Waals surface area contributed by atoms with Crippen molar-refractivity contribution < 1.29 is 27.5 Å². The first-order valence-electron chi connectivity index (χ1n) is 11.8. The van der Waals surface area contributed by atoms with Crippen LogP contribution in [0, 0.1) is 6.92 Å². The van der Waals surface area contributed by atoms with Gasteiger partial charge in [-0.25, -0.2) is 0 Å². The van der Waals surface area contributed by atoms with Gasteiger partial charge in [0.15, 0.2) is 6.04 Å². The maximum absolute atomic E-state index is 13.8. The molecule has 0 spiro atoms. The van der Waals surface area contributed by atoms with Crippen LogP contribution in [0.1, 0.15) is 47.9 Å². The molecule has 0 radical (unpaired) electrons. The number of ether oxygens (including phenoxy) is 1. The fraction of sp³-hybridized carbons (Fsp3) is 0.333. The van der Waals surface area contributed by atoms with Crippen LogP contribution in [0.4, 0.5) is 18.9 Å². The van der Waals surface area contributed by atoms with Crippen LogP contribution in [0.25, 0.3) is 0 Å². The first kappa shape index (κ1) is 25.8. The van der Waals surface area contributed by atoms with E-state index in [2.05, 4.69) is 5.32 Å². The summed E-state index contributed by atoms with van der Waals surface area (Å²) in [5, 5.41) is 2.91. The van der Waals surface area contributed by atoms with Crippen molar-refractivity contribution in [1.82, 2.24) is 5.32 Å². The second kappa shape index (κ2) is 11.2. The Hall–Kier alpha value is -3.33. The van der Waals surface area contributed by atoms with Crippen LogP contribution in [0.5, 0.6) is 11.5 Å². The van der Waals surface area contributed by atoms with Crippen LogP contribution in [0.3, 0.4) is 0 Å². The normalized spacial score (nSPS) is 15.2. The quantitative estimate of drug-likeness (QED) is 0.370. The van der Waals surface area contributed by atoms with Crippen molar-refractivity contribution in [2.24, 2.45) is 0 Å². The number of thiophene rings is 1. The summed E-state index contributed by atoms with van der Waals surface area (Å²) < 4.78 is 47.2. The number of carbonyl (C=O) groups excluding carboxylic acids is 2. The summed E-state index contributed by atoms with van der Waals surface area (Å²) in [5.41, 5.74) is -0.0485. The van der Waals surface area contributed by atoms with E-state index in [0.29, 0.717) is 21.3 Å². The average molecular weight is 517 g/mol. The van der Waals surface area contributed by atoms with Gasteiger partial charge < -0.3 is 10.1 Å². The lowest BCUT2D eigenvalue weighted by atomic mass is 9.95. The molecule has 0 saturated heterocycles. The largest absolute Gasteiger partial charge is 0.471 e. The molecule has 3 aromatic rings. The number of hydrogen-bond acceptors (Lipinski definition) is 4. The molecule has 1 N–H and O–H groups in total. The third-order valence-corrected chi connectivity index (χ3v) is 7.10. The second-order valence-electron chi connectivity index (χ2n) is 8.78. The maximum atomic E-state index is 13.8. The van der Waals surface area contributed by atoms with E-state index in [9.17, 15) is 22.8 Å². The van der Waals surface area contributed by atoms with E-state index in [0.717, 1.165) is 37.0 Å². The fourth-order valence-corrected chi connectivity index (χ4v) is 5.29. The zero-order chi connectivity index (χ0) is 25.7. The van der Waals surface area contributed by atoms with Gasteiger partial charge in [-0.3, -0.25) is 14.5 Å². The number of aryl methyl sites for hydroxylation is 1. The Bertz CT molecular complexity index is 1170. The zero-order valence-corrected chi connectivity index (χ0v) is 20.6. The van der Waals surface area contributed by atoms with Crippen molar-refractivity contribution in [2.75, 3.05) is 4.90 Å². The number of para-hydroxylation sites is 1. The molecule has 2 aromatic carbocycles. The minimum atomic E-state index is -5.17. The van der Waals surface area contributed by atoms with E-state index in [4.69, 9.17) is 4.74 Å². The summed E-state index contributed by atoms with van der Waals surface area (Å²) >= 11 is 1.20. The third-order valence-electron chi connectivity index (χ3n) is 6.04. The van der Waals surface area contributed by atoms with Crippen molar-refractivity contribution >= 4 is 28.8 Å². The third kappa shape index (κ3) is 6.26. The van der Waals surface area contributed by atoms with E-state index in [1.807, 2.05) is 6.07 Å². The van der Waals surface area contributed by atoms with Crippen molar-refractivity contribution in [3.05, 3.63) is 76.5 Å². The topological polar surface area (TPSA) is 58.6 Å². The number of carbonyl (C=O) groups is 2. The summed E-state index contributed by atoms with van der Waals surface area (Å²) in [6, 6.07) is 16.4. The summed E-state index contributed by atoms with van der Waals surface area (Å²) in [4.78, 5) is 28.0. The van der Waals surface area contributed by atoms with Crippen LogP contribution in [0.15, 0.2) is 66.7 Å². The molecule has 1 heterocycles. The highest BCUT2D eigenvalue weighted by atomic mass is 32.1. The molecular weight excluding hydrogens is 489 g/mol. The lowest BCUT2D eigenvalue weighted by Gasteiger charge is -2.33. The molecule has 0 aliphatic heterocycles. The summed E-state index contributed by atoms with van der Waals surface area (Å²) in [5.74, 6) is -1.77. The molecule has 5 nitrogen and oxygen atoms in total. The molecule has 1 aromatic heterocycles. The lowest BCUT2D eigenvalue weighted by molar-refractivity contribution is -0.171. The van der Waals surface area contributed by atoms with Crippen molar-refractivity contribution in [3.63, 3.8) is 0 Å². The predicted octanol–water partition coefficient (Wildman–Crippen LogP) is 6.93. The Kier molecular flexibility index (Phi) is 7.98. The minimum absolute atomic E-state index is 0.0485. The minimum Gasteiger partial charge on any atom is -0.457 e. The Morgan fingerprint density at radius 1 is 0.944 bits per heavy atom. The van der Waals surface area contributed by atoms with E-state index in [1.54, 1.807) is 43.3 Å². The van der Waals surface area contributed by atoms with Gasteiger partial charge in [0, 0.05) is 21.5 Å². The van der Waals surface area contributed by atoms with Crippen LogP contribution in [0.2, 0.25) is 0 Å². The van der Waals surface area contributed by atoms with Gasteiger partial charge in [0.05, 0.1) is 0 Å². The number of nitrogens with zero attached hydrogens (tertiary/aromatic N) is 1. The van der Waals surface area contributed by atoms with Gasteiger partial charge in [0.25, 0.3) is 0 Å². The molecule has 1 unspecified atom stereocenters. The summed E-state index contributed by atoms with van der Waals surface area (Å²) in [7, 11) is 0. The Balaban J connectivity index is 1.70. The fourth-order valence-electron chi connectivity index (χ4n) is 4.32. The van der Waals surface area contributed by atoms with Crippen LogP contribution in [-0.4, -0.2) is 24.0 Å². The van der Waals surface area contributed by atoms with E-state index < -0.39 is 24.0 Å². The highest BCUT2D eigenvalue weighted by Gasteiger charge is 2.48. The molecule has 1 saturated carbocycles. The number of alkyl halides is 3. The van der Waals surface area contributed by atoms with Crippen molar-refractivity contribution in [3.8, 4) is 11.5 Å². The molecular formula is C27H27F3N2O3S. The number of benzene rings is 2. The first-order valence-corrected chi connectivity index (χ1v) is 12.6. The van der Waals surface area contributed by atoms with Gasteiger partial charge in [-0.05, 0) is 68.3 Å². The predicted molar refractivity (Wildman–Crippen MR) is 133 cm³/mol. The number of hydrogen-bond donors (Lipinski definition) is 1. The van der Waals surface area contributed by atoms with Gasteiger partial charge in [-0.1, -0.05) is 37.5 Å². The number of amides is 2. The summed E-state index contributed by atoms with van der Waals surface area (Å²) in [6.07, 6.45) is -0.685. The SMILES string of the molecule is Cc1ccc(C(C(=O)NC2CCCCC2)N(C(=O)C(F)(F)F)c2ccc(Oc3ccccc3)cc2)s1. The van der Waals surface area contributed by atoms with Crippen LogP contribution >= 0.6 is 11.3 Å². The number of rotatable bonds is 7. The Morgan fingerprint density at radius 2 is 1.58 bits per heavy atom. The van der Waals surface area contributed by atoms with E-state index in [-0.39, 0.29) is 11.7 Å². The maximum Gasteiger partial charge on any atom is 0.471 e. The molecule has 1 fully saturated rings. The van der Waals surface area contributed by atoms with E-state index in [1.165, 1.54) is 35.6 Å².